The van der Waals surface area contributed by atoms with Crippen molar-refractivity contribution < 1.29 is 23.8 Å². The molecule has 1 aliphatic rings. The minimum absolute atomic E-state index is 0.0253. The third kappa shape index (κ3) is 4.01. The maximum absolute atomic E-state index is 13.1. The van der Waals surface area contributed by atoms with E-state index >= 15 is 0 Å². The number of Topliss-reactive ketones (excluding diaryl/α,β-unsaturated/α-hetero) is 1. The van der Waals surface area contributed by atoms with Crippen molar-refractivity contribution in [2.45, 2.75) is 26.4 Å². The summed E-state index contributed by atoms with van der Waals surface area (Å²) in [5, 5.41) is 11.5. The number of furan rings is 1. The number of amides is 1. The second-order valence-corrected chi connectivity index (χ2v) is 7.90. The van der Waals surface area contributed by atoms with Crippen LogP contribution < -0.4 is 4.74 Å². The summed E-state index contributed by atoms with van der Waals surface area (Å²) in [6.07, 6.45) is 1.51. The van der Waals surface area contributed by atoms with E-state index in [1.807, 2.05) is 38.1 Å². The average Bonchev–Trinajstić information content (AvgIpc) is 3.37. The summed E-state index contributed by atoms with van der Waals surface area (Å²) in [6, 6.07) is 15.0. The van der Waals surface area contributed by atoms with E-state index in [-0.39, 0.29) is 28.5 Å². The minimum atomic E-state index is -0.799. The number of benzene rings is 2. The van der Waals surface area contributed by atoms with E-state index in [0.717, 1.165) is 5.56 Å². The lowest BCUT2D eigenvalue weighted by Gasteiger charge is -2.25. The van der Waals surface area contributed by atoms with Gasteiger partial charge < -0.3 is 19.2 Å². The van der Waals surface area contributed by atoms with Gasteiger partial charge in [-0.3, -0.25) is 9.59 Å². The van der Waals surface area contributed by atoms with Crippen LogP contribution in [0, 0.1) is 6.92 Å². The molecule has 0 aliphatic carbocycles. The molecule has 1 saturated heterocycles. The molecule has 6 nitrogen and oxygen atoms in total. The van der Waals surface area contributed by atoms with Crippen molar-refractivity contribution >= 4 is 29.1 Å². The molecule has 0 bridgehead atoms. The number of aryl methyl sites for hydroxylation is 1. The molecular formula is C25H22ClNO5. The van der Waals surface area contributed by atoms with Crippen molar-refractivity contribution in [1.82, 2.24) is 4.90 Å². The van der Waals surface area contributed by atoms with Gasteiger partial charge >= 0.3 is 0 Å². The molecule has 1 aromatic heterocycles. The summed E-state index contributed by atoms with van der Waals surface area (Å²) >= 11 is 6.35. The molecule has 3 aromatic rings. The number of nitrogens with zero attached hydrogens (tertiary/aromatic N) is 1. The standard InChI is InChI=1S/C25H22ClNO5/c1-3-31-17-9-10-20(26)19(13-17)23(28)21-22(16-7-4-6-15(2)12-16)27(25(30)24(21)29)14-18-8-5-11-32-18/h4-13,22,28H,3,14H2,1-2H3/b23-21+. The first-order chi connectivity index (χ1) is 15.4. The van der Waals surface area contributed by atoms with E-state index < -0.39 is 17.7 Å². The monoisotopic (exact) mass is 451 g/mol. The number of aliphatic hydroxyl groups excluding tert-OH is 1. The molecule has 1 N–H and O–H groups in total. The van der Waals surface area contributed by atoms with Gasteiger partial charge in [-0.05, 0) is 49.7 Å². The first kappa shape index (κ1) is 21.7. The number of likely N-dealkylation sites (tertiary alicyclic amines) is 1. The van der Waals surface area contributed by atoms with Gasteiger partial charge in [0.05, 0.1) is 36.1 Å². The van der Waals surface area contributed by atoms with Gasteiger partial charge in [0.25, 0.3) is 11.7 Å². The fourth-order valence-electron chi connectivity index (χ4n) is 3.89. The Morgan fingerprint density at radius 3 is 2.66 bits per heavy atom. The highest BCUT2D eigenvalue weighted by molar-refractivity contribution is 6.47. The number of ketones is 1. The Balaban J connectivity index is 1.89. The van der Waals surface area contributed by atoms with Crippen LogP contribution in [0.2, 0.25) is 5.02 Å². The molecule has 7 heteroatoms. The number of hydrogen-bond donors (Lipinski definition) is 1. The number of hydrogen-bond acceptors (Lipinski definition) is 5. The van der Waals surface area contributed by atoms with E-state index in [2.05, 4.69) is 0 Å². The molecule has 4 rings (SSSR count). The average molecular weight is 452 g/mol. The lowest BCUT2D eigenvalue weighted by molar-refractivity contribution is -0.140. The highest BCUT2D eigenvalue weighted by atomic mass is 35.5. The zero-order valence-corrected chi connectivity index (χ0v) is 18.4. The van der Waals surface area contributed by atoms with Gasteiger partial charge in [-0.1, -0.05) is 41.4 Å². The Labute approximate surface area is 190 Å². The molecule has 1 aliphatic heterocycles. The van der Waals surface area contributed by atoms with Gasteiger partial charge in [-0.15, -0.1) is 0 Å². The number of carbonyl (C=O) groups excluding carboxylic acids is 2. The molecule has 2 heterocycles. The highest BCUT2D eigenvalue weighted by Gasteiger charge is 2.46. The zero-order chi connectivity index (χ0) is 22.8. The minimum Gasteiger partial charge on any atom is -0.507 e. The maximum Gasteiger partial charge on any atom is 0.296 e. The summed E-state index contributed by atoms with van der Waals surface area (Å²) < 4.78 is 10.9. The molecule has 0 spiro atoms. The Morgan fingerprint density at radius 2 is 1.97 bits per heavy atom. The van der Waals surface area contributed by atoms with Gasteiger partial charge in [0.15, 0.2) is 0 Å². The lowest BCUT2D eigenvalue weighted by atomic mass is 9.94. The Hall–Kier alpha value is -3.51. The van der Waals surface area contributed by atoms with E-state index in [1.54, 1.807) is 30.3 Å². The second kappa shape index (κ2) is 8.93. The van der Waals surface area contributed by atoms with Gasteiger partial charge in [0, 0.05) is 5.56 Å². The molecule has 164 valence electrons. The van der Waals surface area contributed by atoms with Gasteiger partial charge in [0.1, 0.15) is 17.3 Å². The summed E-state index contributed by atoms with van der Waals surface area (Å²) in [6.45, 7) is 4.27. The van der Waals surface area contributed by atoms with Crippen molar-refractivity contribution in [2.24, 2.45) is 0 Å². The van der Waals surface area contributed by atoms with Crippen molar-refractivity contribution in [3.05, 3.63) is 93.9 Å². The molecule has 1 unspecified atom stereocenters. The lowest BCUT2D eigenvalue weighted by Crippen LogP contribution is -2.29. The smallest absolute Gasteiger partial charge is 0.296 e. The molecule has 1 atom stereocenters. The van der Waals surface area contributed by atoms with E-state index in [4.69, 9.17) is 20.8 Å². The molecular weight excluding hydrogens is 430 g/mol. The van der Waals surface area contributed by atoms with Crippen molar-refractivity contribution in [3.8, 4) is 5.75 Å². The largest absolute Gasteiger partial charge is 0.507 e. The van der Waals surface area contributed by atoms with Crippen LogP contribution in [0.5, 0.6) is 5.75 Å². The Bertz CT molecular complexity index is 1200. The van der Waals surface area contributed by atoms with E-state index in [0.29, 0.717) is 23.7 Å². The fourth-order valence-corrected chi connectivity index (χ4v) is 4.09. The van der Waals surface area contributed by atoms with E-state index in [1.165, 1.54) is 11.2 Å². The Morgan fingerprint density at radius 1 is 1.16 bits per heavy atom. The molecule has 32 heavy (non-hydrogen) atoms. The molecule has 2 aromatic carbocycles. The number of rotatable bonds is 6. The van der Waals surface area contributed by atoms with Crippen LogP contribution in [0.15, 0.2) is 70.9 Å². The molecule has 0 radical (unpaired) electrons. The van der Waals surface area contributed by atoms with Gasteiger partial charge in [0.2, 0.25) is 0 Å². The predicted octanol–water partition coefficient (Wildman–Crippen LogP) is 5.26. The van der Waals surface area contributed by atoms with Crippen molar-refractivity contribution in [1.29, 1.82) is 0 Å². The predicted molar refractivity (Wildman–Crippen MR) is 120 cm³/mol. The number of carbonyl (C=O) groups is 2. The van der Waals surface area contributed by atoms with Crippen LogP contribution in [0.4, 0.5) is 0 Å². The van der Waals surface area contributed by atoms with Crippen LogP contribution in [-0.4, -0.2) is 28.3 Å². The summed E-state index contributed by atoms with van der Waals surface area (Å²) in [4.78, 5) is 27.6. The van der Waals surface area contributed by atoms with Crippen LogP contribution >= 0.6 is 11.6 Å². The van der Waals surface area contributed by atoms with Crippen LogP contribution in [0.25, 0.3) is 5.76 Å². The van der Waals surface area contributed by atoms with Crippen molar-refractivity contribution in [3.63, 3.8) is 0 Å². The Kier molecular flexibility index (Phi) is 6.06. The normalized spacial score (nSPS) is 17.7. The first-order valence-electron chi connectivity index (χ1n) is 10.2. The SMILES string of the molecule is CCOc1ccc(Cl)c(/C(O)=C2\C(=O)C(=O)N(Cc3ccco3)C2c2cccc(C)c2)c1. The first-order valence-corrected chi connectivity index (χ1v) is 10.6. The molecule has 0 saturated carbocycles. The third-order valence-electron chi connectivity index (χ3n) is 5.31. The highest BCUT2D eigenvalue weighted by Crippen LogP contribution is 2.42. The van der Waals surface area contributed by atoms with Crippen molar-refractivity contribution in [2.75, 3.05) is 6.61 Å². The summed E-state index contributed by atoms with van der Waals surface area (Å²) in [5.74, 6) is -0.815. The van der Waals surface area contributed by atoms with Crippen LogP contribution in [0.3, 0.4) is 0 Å². The number of aliphatic hydroxyl groups is 1. The molecule has 1 fully saturated rings. The molecule has 1 amide bonds. The number of halogens is 1. The van der Waals surface area contributed by atoms with Gasteiger partial charge in [-0.2, -0.15) is 0 Å². The topological polar surface area (TPSA) is 80.0 Å². The third-order valence-corrected chi connectivity index (χ3v) is 5.64. The van der Waals surface area contributed by atoms with Crippen LogP contribution in [-0.2, 0) is 16.1 Å². The number of ether oxygens (including phenoxy) is 1. The summed E-state index contributed by atoms with van der Waals surface area (Å²) in [5.41, 5.74) is 1.87. The van der Waals surface area contributed by atoms with Crippen LogP contribution in [0.1, 0.15) is 35.4 Å². The summed E-state index contributed by atoms with van der Waals surface area (Å²) in [7, 11) is 0. The second-order valence-electron chi connectivity index (χ2n) is 7.50. The van der Waals surface area contributed by atoms with E-state index in [9.17, 15) is 14.7 Å². The van der Waals surface area contributed by atoms with Gasteiger partial charge in [-0.25, -0.2) is 0 Å². The fraction of sp³-hybridized carbons (Fsp3) is 0.200. The maximum atomic E-state index is 13.1. The quantitative estimate of drug-likeness (QED) is 0.314. The zero-order valence-electron chi connectivity index (χ0n) is 17.7.